The molecule has 3 heterocycles. The van der Waals surface area contributed by atoms with Crippen LogP contribution in [-0.2, 0) is 11.2 Å². The van der Waals surface area contributed by atoms with Crippen LogP contribution in [0.5, 0.6) is 0 Å². The number of aromatic nitrogens is 1. The monoisotopic (exact) mass is 477 g/mol. The summed E-state index contributed by atoms with van der Waals surface area (Å²) < 4.78 is 27.5. The molecule has 33 heavy (non-hydrogen) atoms. The van der Waals surface area contributed by atoms with Gasteiger partial charge in [0.15, 0.2) is 0 Å². The van der Waals surface area contributed by atoms with Crippen LogP contribution < -0.4 is 0 Å². The first-order valence-electron chi connectivity index (χ1n) is 12.6. The molecule has 4 nitrogen and oxygen atoms in total. The minimum absolute atomic E-state index is 0.107. The first-order valence-corrected chi connectivity index (χ1v) is 13.0. The fraction of sp³-hybridized carbons (Fsp3) is 0.654. The minimum atomic E-state index is -2.57. The standard InChI is InChI=1S/C26H34ClF2N3O/c27-19-7-8-22-21(16-19)20-10-13-32(24(33)9-6-18-4-2-1-3-5-18)23(25(20)30-22)17-31-14-11-26(28,29)12-15-31/h7-8,16,18,23,30H,1-6,9-15,17H2. The Labute approximate surface area is 199 Å². The van der Waals surface area contributed by atoms with E-state index in [9.17, 15) is 13.6 Å². The van der Waals surface area contributed by atoms with E-state index < -0.39 is 5.92 Å². The molecule has 7 heteroatoms. The normalized spacial score (nSPS) is 24.2. The number of H-pyrrole nitrogens is 1. The molecule has 1 unspecified atom stereocenters. The lowest BCUT2D eigenvalue weighted by molar-refractivity contribution is -0.135. The van der Waals surface area contributed by atoms with E-state index in [0.717, 1.165) is 29.4 Å². The molecule has 1 aromatic heterocycles. The van der Waals surface area contributed by atoms with E-state index in [4.69, 9.17) is 11.6 Å². The number of nitrogens with one attached hydrogen (secondary N) is 1. The minimum Gasteiger partial charge on any atom is -0.356 e. The molecular weight excluding hydrogens is 444 g/mol. The highest BCUT2D eigenvalue weighted by Gasteiger charge is 2.38. The molecule has 0 bridgehead atoms. The molecule has 1 amide bonds. The number of aromatic amines is 1. The third-order valence-electron chi connectivity index (χ3n) is 8.04. The molecule has 180 valence electrons. The number of carbonyl (C=O) groups excluding carboxylic acids is 1. The number of likely N-dealkylation sites (tertiary alicyclic amines) is 1. The predicted octanol–water partition coefficient (Wildman–Crippen LogP) is 6.34. The third-order valence-corrected chi connectivity index (χ3v) is 8.28. The Morgan fingerprint density at radius 1 is 1.12 bits per heavy atom. The smallest absolute Gasteiger partial charge is 0.250 e. The summed E-state index contributed by atoms with van der Waals surface area (Å²) in [4.78, 5) is 21.1. The van der Waals surface area contributed by atoms with Gasteiger partial charge < -0.3 is 14.8 Å². The molecule has 0 radical (unpaired) electrons. The van der Waals surface area contributed by atoms with Crippen molar-refractivity contribution >= 4 is 28.4 Å². The molecule has 1 aromatic carbocycles. The molecule has 2 fully saturated rings. The lowest BCUT2D eigenvalue weighted by atomic mass is 9.86. The highest BCUT2D eigenvalue weighted by Crippen LogP contribution is 2.38. The van der Waals surface area contributed by atoms with Gasteiger partial charge in [-0.15, -0.1) is 0 Å². The Balaban J connectivity index is 1.38. The molecule has 1 saturated heterocycles. The maximum atomic E-state index is 13.7. The Hall–Kier alpha value is -1.66. The lowest BCUT2D eigenvalue weighted by Crippen LogP contribution is -2.48. The van der Waals surface area contributed by atoms with Crippen molar-refractivity contribution in [3.8, 4) is 0 Å². The van der Waals surface area contributed by atoms with Crippen LogP contribution in [0, 0.1) is 5.92 Å². The quantitative estimate of drug-likeness (QED) is 0.545. The number of amides is 1. The zero-order valence-electron chi connectivity index (χ0n) is 19.2. The van der Waals surface area contributed by atoms with Crippen molar-refractivity contribution < 1.29 is 13.6 Å². The number of hydrogen-bond acceptors (Lipinski definition) is 2. The zero-order chi connectivity index (χ0) is 23.0. The van der Waals surface area contributed by atoms with Crippen molar-refractivity contribution in [3.63, 3.8) is 0 Å². The van der Waals surface area contributed by atoms with Crippen LogP contribution >= 0.6 is 11.6 Å². The van der Waals surface area contributed by atoms with Gasteiger partial charge in [0.2, 0.25) is 5.91 Å². The molecule has 2 aromatic rings. The van der Waals surface area contributed by atoms with Crippen LogP contribution in [0.1, 0.15) is 75.1 Å². The number of alkyl halides is 2. The van der Waals surface area contributed by atoms with Gasteiger partial charge in [0, 0.05) is 67.1 Å². The fourth-order valence-electron chi connectivity index (χ4n) is 6.08. The second-order valence-corrected chi connectivity index (χ2v) is 10.7. The Kier molecular flexibility index (Phi) is 6.67. The molecule has 5 rings (SSSR count). The molecule has 1 N–H and O–H groups in total. The summed E-state index contributed by atoms with van der Waals surface area (Å²) in [7, 11) is 0. The Bertz CT molecular complexity index is 991. The SMILES string of the molecule is O=C(CCC1CCCCC1)N1CCc2c([nH]c3ccc(Cl)cc23)C1CN1CCC(F)(F)CC1. The van der Waals surface area contributed by atoms with E-state index in [2.05, 4.69) is 9.88 Å². The second-order valence-electron chi connectivity index (χ2n) is 10.3. The van der Waals surface area contributed by atoms with Crippen molar-refractivity contribution in [2.45, 2.75) is 76.2 Å². The average molecular weight is 478 g/mol. The maximum absolute atomic E-state index is 13.7. The van der Waals surface area contributed by atoms with Crippen molar-refractivity contribution in [3.05, 3.63) is 34.5 Å². The second kappa shape index (κ2) is 9.53. The molecule has 1 saturated carbocycles. The molecular formula is C26H34ClF2N3O. The van der Waals surface area contributed by atoms with Crippen LogP contribution in [0.2, 0.25) is 5.02 Å². The van der Waals surface area contributed by atoms with E-state index in [-0.39, 0.29) is 24.8 Å². The molecule has 1 aliphatic carbocycles. The van der Waals surface area contributed by atoms with Gasteiger partial charge in [-0.1, -0.05) is 43.7 Å². The number of piperidine rings is 1. The van der Waals surface area contributed by atoms with E-state index in [0.29, 0.717) is 43.5 Å². The lowest BCUT2D eigenvalue weighted by Gasteiger charge is -2.41. The number of fused-ring (bicyclic) bond motifs is 3. The average Bonchev–Trinajstić information content (AvgIpc) is 3.18. The first-order chi connectivity index (χ1) is 15.9. The summed E-state index contributed by atoms with van der Waals surface area (Å²) in [5.41, 5.74) is 3.30. The van der Waals surface area contributed by atoms with E-state index in [1.54, 1.807) is 0 Å². The topological polar surface area (TPSA) is 39.3 Å². The van der Waals surface area contributed by atoms with Crippen LogP contribution in [0.15, 0.2) is 18.2 Å². The summed E-state index contributed by atoms with van der Waals surface area (Å²) in [5, 5.41) is 1.81. The van der Waals surface area contributed by atoms with Crippen LogP contribution in [0.3, 0.4) is 0 Å². The van der Waals surface area contributed by atoms with Gasteiger partial charge in [0.1, 0.15) is 0 Å². The number of nitrogens with zero attached hydrogens (tertiary/aromatic N) is 2. The van der Waals surface area contributed by atoms with Gasteiger partial charge in [0.25, 0.3) is 5.92 Å². The summed E-state index contributed by atoms with van der Waals surface area (Å²) in [6.07, 6.45) is 8.50. The van der Waals surface area contributed by atoms with Gasteiger partial charge in [-0.05, 0) is 42.5 Å². The summed E-state index contributed by atoms with van der Waals surface area (Å²) in [6, 6.07) is 5.72. The van der Waals surface area contributed by atoms with Gasteiger partial charge in [-0.2, -0.15) is 0 Å². The van der Waals surface area contributed by atoms with Crippen molar-refractivity contribution in [1.82, 2.24) is 14.8 Å². The molecule has 2 aliphatic heterocycles. The number of rotatable bonds is 5. The van der Waals surface area contributed by atoms with E-state index in [1.807, 2.05) is 23.1 Å². The predicted molar refractivity (Wildman–Crippen MR) is 128 cm³/mol. The van der Waals surface area contributed by atoms with Gasteiger partial charge >= 0.3 is 0 Å². The van der Waals surface area contributed by atoms with Gasteiger partial charge in [-0.3, -0.25) is 4.79 Å². The van der Waals surface area contributed by atoms with Crippen LogP contribution in [0.25, 0.3) is 10.9 Å². The highest BCUT2D eigenvalue weighted by molar-refractivity contribution is 6.31. The first kappa shape index (κ1) is 23.1. The number of carbonyl (C=O) groups is 1. The number of hydrogen-bond donors (Lipinski definition) is 1. The third kappa shape index (κ3) is 5.07. The number of halogens is 3. The highest BCUT2D eigenvalue weighted by atomic mass is 35.5. The Morgan fingerprint density at radius 3 is 2.64 bits per heavy atom. The fourth-order valence-corrected chi connectivity index (χ4v) is 6.25. The van der Waals surface area contributed by atoms with Gasteiger partial charge in [0.05, 0.1) is 6.04 Å². The van der Waals surface area contributed by atoms with Crippen LogP contribution in [-0.4, -0.2) is 52.8 Å². The van der Waals surface area contributed by atoms with Crippen molar-refractivity contribution in [2.24, 2.45) is 5.92 Å². The van der Waals surface area contributed by atoms with Crippen LogP contribution in [0.4, 0.5) is 8.78 Å². The molecule has 3 aliphatic rings. The summed E-state index contributed by atoms with van der Waals surface area (Å²) >= 11 is 6.27. The van der Waals surface area contributed by atoms with E-state index >= 15 is 0 Å². The summed E-state index contributed by atoms with van der Waals surface area (Å²) in [5.74, 6) is -1.70. The Morgan fingerprint density at radius 2 is 1.88 bits per heavy atom. The van der Waals surface area contributed by atoms with Gasteiger partial charge in [-0.25, -0.2) is 8.78 Å². The molecule has 1 atom stereocenters. The van der Waals surface area contributed by atoms with Crippen molar-refractivity contribution in [1.29, 1.82) is 0 Å². The summed E-state index contributed by atoms with van der Waals surface area (Å²) in [6.45, 7) is 2.01. The van der Waals surface area contributed by atoms with Crippen molar-refractivity contribution in [2.75, 3.05) is 26.2 Å². The maximum Gasteiger partial charge on any atom is 0.250 e. The molecule has 0 spiro atoms. The largest absolute Gasteiger partial charge is 0.356 e. The zero-order valence-corrected chi connectivity index (χ0v) is 20.0. The van der Waals surface area contributed by atoms with E-state index in [1.165, 1.54) is 37.7 Å². The number of benzene rings is 1.